The van der Waals surface area contributed by atoms with Crippen molar-refractivity contribution in [3.05, 3.63) is 0 Å². The molecule has 0 radical (unpaired) electrons. The lowest BCUT2D eigenvalue weighted by Crippen LogP contribution is -2.56. The minimum absolute atomic E-state index is 0.181. The molecular formula is C15H27N3O3. The molecule has 3 fully saturated rings. The fraction of sp³-hybridized carbons (Fsp3) is 0.933. The first-order valence-electron chi connectivity index (χ1n) is 8.27. The van der Waals surface area contributed by atoms with Gasteiger partial charge in [0, 0.05) is 45.3 Å². The Morgan fingerprint density at radius 3 is 2.76 bits per heavy atom. The van der Waals surface area contributed by atoms with Crippen LogP contribution >= 0.6 is 0 Å². The Morgan fingerprint density at radius 1 is 1.14 bits per heavy atom. The third-order valence-electron chi connectivity index (χ3n) is 4.69. The van der Waals surface area contributed by atoms with Crippen LogP contribution in [0, 0.1) is 0 Å². The summed E-state index contributed by atoms with van der Waals surface area (Å²) in [6.07, 6.45) is 3.17. The van der Waals surface area contributed by atoms with E-state index < -0.39 is 0 Å². The molecule has 0 saturated carbocycles. The molecule has 1 N–H and O–H groups in total. The number of ether oxygens (including phenoxy) is 2. The number of rotatable bonds is 3. The van der Waals surface area contributed by atoms with Gasteiger partial charge < -0.3 is 19.7 Å². The van der Waals surface area contributed by atoms with Crippen LogP contribution in [0.15, 0.2) is 0 Å². The van der Waals surface area contributed by atoms with E-state index in [1.165, 1.54) is 6.42 Å². The van der Waals surface area contributed by atoms with Gasteiger partial charge in [0.05, 0.1) is 19.8 Å². The summed E-state index contributed by atoms with van der Waals surface area (Å²) >= 11 is 0. The van der Waals surface area contributed by atoms with Gasteiger partial charge in [-0.05, 0) is 19.3 Å². The smallest absolute Gasteiger partial charge is 0.253 e. The van der Waals surface area contributed by atoms with Crippen molar-refractivity contribution < 1.29 is 14.3 Å². The molecule has 2 atom stereocenters. The predicted molar refractivity (Wildman–Crippen MR) is 79.2 cm³/mol. The van der Waals surface area contributed by atoms with E-state index >= 15 is 0 Å². The molecule has 0 aromatic rings. The molecule has 0 aliphatic carbocycles. The van der Waals surface area contributed by atoms with E-state index in [0.29, 0.717) is 19.2 Å². The van der Waals surface area contributed by atoms with E-state index in [0.717, 1.165) is 58.8 Å². The lowest BCUT2D eigenvalue weighted by Gasteiger charge is -2.41. The number of amides is 1. The van der Waals surface area contributed by atoms with Crippen molar-refractivity contribution >= 4 is 5.91 Å². The molecule has 3 saturated heterocycles. The molecule has 0 aromatic heterocycles. The molecule has 0 aromatic carbocycles. The van der Waals surface area contributed by atoms with Gasteiger partial charge >= 0.3 is 0 Å². The third kappa shape index (κ3) is 3.94. The van der Waals surface area contributed by atoms with Crippen LogP contribution in [0.25, 0.3) is 0 Å². The quantitative estimate of drug-likeness (QED) is 0.774. The van der Waals surface area contributed by atoms with Crippen molar-refractivity contribution in [3.63, 3.8) is 0 Å². The SMILES string of the molecule is O=C(C1CNCCO1)N1CCCCC1CN1CCOCC1. The molecule has 2 unspecified atom stereocenters. The van der Waals surface area contributed by atoms with Crippen molar-refractivity contribution in [2.45, 2.75) is 31.4 Å². The second-order valence-corrected chi connectivity index (χ2v) is 6.16. The molecule has 0 bridgehead atoms. The van der Waals surface area contributed by atoms with Gasteiger partial charge in [-0.1, -0.05) is 0 Å². The Kier molecular flexibility index (Phi) is 5.46. The second kappa shape index (κ2) is 7.54. The number of piperidine rings is 1. The minimum Gasteiger partial charge on any atom is -0.379 e. The molecule has 6 nitrogen and oxygen atoms in total. The van der Waals surface area contributed by atoms with Crippen molar-refractivity contribution in [3.8, 4) is 0 Å². The van der Waals surface area contributed by atoms with Crippen LogP contribution < -0.4 is 5.32 Å². The lowest BCUT2D eigenvalue weighted by atomic mass is 10.0. The molecule has 1 amide bonds. The van der Waals surface area contributed by atoms with Crippen LogP contribution in [-0.2, 0) is 14.3 Å². The van der Waals surface area contributed by atoms with Gasteiger partial charge in [-0.15, -0.1) is 0 Å². The zero-order valence-electron chi connectivity index (χ0n) is 12.8. The summed E-state index contributed by atoms with van der Waals surface area (Å²) < 4.78 is 11.1. The summed E-state index contributed by atoms with van der Waals surface area (Å²) in [7, 11) is 0. The number of carbonyl (C=O) groups excluding carboxylic acids is 1. The van der Waals surface area contributed by atoms with E-state index in [9.17, 15) is 4.79 Å². The van der Waals surface area contributed by atoms with E-state index in [1.54, 1.807) is 0 Å². The highest BCUT2D eigenvalue weighted by atomic mass is 16.5. The van der Waals surface area contributed by atoms with E-state index in [4.69, 9.17) is 9.47 Å². The van der Waals surface area contributed by atoms with Crippen LogP contribution in [-0.4, -0.2) is 86.9 Å². The Bertz CT molecular complexity index is 341. The van der Waals surface area contributed by atoms with E-state index in [1.807, 2.05) is 0 Å². The van der Waals surface area contributed by atoms with Crippen LogP contribution in [0.4, 0.5) is 0 Å². The van der Waals surface area contributed by atoms with E-state index in [-0.39, 0.29) is 12.0 Å². The lowest BCUT2D eigenvalue weighted by molar-refractivity contribution is -0.149. The van der Waals surface area contributed by atoms with Gasteiger partial charge in [0.15, 0.2) is 0 Å². The summed E-state index contributed by atoms with van der Waals surface area (Å²) in [6, 6.07) is 0.342. The van der Waals surface area contributed by atoms with Gasteiger partial charge in [0.25, 0.3) is 5.91 Å². The highest BCUT2D eigenvalue weighted by molar-refractivity contribution is 5.81. The number of hydrogen-bond acceptors (Lipinski definition) is 5. The van der Waals surface area contributed by atoms with Crippen molar-refractivity contribution in [2.75, 3.05) is 59.1 Å². The summed E-state index contributed by atoms with van der Waals surface area (Å²) in [5.74, 6) is 0.181. The van der Waals surface area contributed by atoms with Crippen LogP contribution in [0.2, 0.25) is 0 Å². The number of morpholine rings is 2. The zero-order chi connectivity index (χ0) is 14.5. The minimum atomic E-state index is -0.288. The molecular weight excluding hydrogens is 270 g/mol. The Balaban J connectivity index is 1.58. The van der Waals surface area contributed by atoms with Gasteiger partial charge in [-0.25, -0.2) is 0 Å². The largest absolute Gasteiger partial charge is 0.379 e. The molecule has 120 valence electrons. The third-order valence-corrected chi connectivity index (χ3v) is 4.69. The molecule has 6 heteroatoms. The molecule has 0 spiro atoms. The number of hydrogen-bond donors (Lipinski definition) is 1. The fourth-order valence-corrected chi connectivity index (χ4v) is 3.47. The van der Waals surface area contributed by atoms with Gasteiger partial charge in [-0.3, -0.25) is 9.69 Å². The molecule has 3 aliphatic rings. The molecule has 3 aliphatic heterocycles. The van der Waals surface area contributed by atoms with Gasteiger partial charge in [-0.2, -0.15) is 0 Å². The normalized spacial score (nSPS) is 32.1. The summed E-state index contributed by atoms with van der Waals surface area (Å²) in [5, 5.41) is 3.25. The standard InChI is InChI=1S/C15H27N3O3/c19-15(14-11-16-4-8-21-14)18-5-2-1-3-13(18)12-17-6-9-20-10-7-17/h13-14,16H,1-12H2. The van der Waals surface area contributed by atoms with Gasteiger partial charge in [0.2, 0.25) is 0 Å². The predicted octanol–water partition coefficient (Wildman–Crippen LogP) is -0.312. The first-order valence-corrected chi connectivity index (χ1v) is 8.27. The van der Waals surface area contributed by atoms with Gasteiger partial charge in [0.1, 0.15) is 6.10 Å². The van der Waals surface area contributed by atoms with E-state index in [2.05, 4.69) is 15.1 Å². The number of likely N-dealkylation sites (tertiary alicyclic amines) is 1. The molecule has 21 heavy (non-hydrogen) atoms. The Morgan fingerprint density at radius 2 is 2.00 bits per heavy atom. The molecule has 3 rings (SSSR count). The fourth-order valence-electron chi connectivity index (χ4n) is 3.47. The van der Waals surface area contributed by atoms with Crippen molar-refractivity contribution in [1.29, 1.82) is 0 Å². The summed E-state index contributed by atoms with van der Waals surface area (Å²) in [5.41, 5.74) is 0. The zero-order valence-corrected chi connectivity index (χ0v) is 12.8. The summed E-state index contributed by atoms with van der Waals surface area (Å²) in [4.78, 5) is 17.2. The van der Waals surface area contributed by atoms with Crippen molar-refractivity contribution in [1.82, 2.24) is 15.1 Å². The average molecular weight is 297 g/mol. The molecule has 3 heterocycles. The highest BCUT2D eigenvalue weighted by Gasteiger charge is 2.33. The van der Waals surface area contributed by atoms with Crippen LogP contribution in [0.5, 0.6) is 0 Å². The van der Waals surface area contributed by atoms with Crippen molar-refractivity contribution in [2.24, 2.45) is 0 Å². The average Bonchev–Trinajstić information content (AvgIpc) is 2.56. The number of nitrogens with zero attached hydrogens (tertiary/aromatic N) is 2. The Labute approximate surface area is 126 Å². The maximum Gasteiger partial charge on any atom is 0.253 e. The summed E-state index contributed by atoms with van der Waals surface area (Å²) in [6.45, 7) is 7.61. The second-order valence-electron chi connectivity index (χ2n) is 6.16. The highest BCUT2D eigenvalue weighted by Crippen LogP contribution is 2.20. The maximum atomic E-state index is 12.7. The first kappa shape index (κ1) is 15.2. The monoisotopic (exact) mass is 297 g/mol. The van der Waals surface area contributed by atoms with Crippen LogP contribution in [0.3, 0.4) is 0 Å². The topological polar surface area (TPSA) is 54.0 Å². The maximum absolute atomic E-state index is 12.7. The van der Waals surface area contributed by atoms with Crippen LogP contribution in [0.1, 0.15) is 19.3 Å². The first-order chi connectivity index (χ1) is 10.3. The Hall–Kier alpha value is -0.690. The number of nitrogens with one attached hydrogen (secondary N) is 1. The number of carbonyl (C=O) groups is 1.